The van der Waals surface area contributed by atoms with Gasteiger partial charge >= 0.3 is 0 Å². The van der Waals surface area contributed by atoms with Crippen LogP contribution in [-0.4, -0.2) is 42.2 Å². The van der Waals surface area contributed by atoms with Gasteiger partial charge < -0.3 is 19.1 Å². The molecular formula is C24H28N2O4S. The van der Waals surface area contributed by atoms with Gasteiger partial charge in [0.05, 0.1) is 36.1 Å². The lowest BCUT2D eigenvalue weighted by Crippen LogP contribution is -2.30. The van der Waals surface area contributed by atoms with Gasteiger partial charge in [-0.2, -0.15) is 0 Å². The van der Waals surface area contributed by atoms with Crippen molar-refractivity contribution in [1.29, 1.82) is 0 Å². The van der Waals surface area contributed by atoms with Crippen molar-refractivity contribution in [1.82, 2.24) is 9.88 Å². The van der Waals surface area contributed by atoms with E-state index >= 15 is 0 Å². The standard InChI is InChI=1S/C24H28N2O4S/c1-4-28-19-14-16(15-20(29-5-2)22(19)30-6-3)24(27)26-13-9-11-18(26)23-25-17-10-7-8-12-21(17)31-23/h7-8,10,12,14-15,18H,4-6,9,11,13H2,1-3H3. The van der Waals surface area contributed by atoms with Gasteiger partial charge in [-0.05, 0) is 57.9 Å². The van der Waals surface area contributed by atoms with Crippen molar-refractivity contribution in [3.05, 3.63) is 47.0 Å². The third-order valence-electron chi connectivity index (χ3n) is 5.27. The number of fused-ring (bicyclic) bond motifs is 1. The monoisotopic (exact) mass is 440 g/mol. The molecule has 0 spiro atoms. The lowest BCUT2D eigenvalue weighted by Gasteiger charge is -2.24. The minimum atomic E-state index is -0.0355. The third-order valence-corrected chi connectivity index (χ3v) is 6.40. The number of carbonyl (C=O) groups excluding carboxylic acids is 1. The SMILES string of the molecule is CCOc1cc(C(=O)N2CCCC2c2nc3ccccc3s2)cc(OCC)c1OCC. The molecular weight excluding hydrogens is 412 g/mol. The topological polar surface area (TPSA) is 60.9 Å². The zero-order valence-corrected chi connectivity index (χ0v) is 19.0. The summed E-state index contributed by atoms with van der Waals surface area (Å²) in [7, 11) is 0. The predicted molar refractivity (Wildman–Crippen MR) is 123 cm³/mol. The second kappa shape index (κ2) is 9.56. The van der Waals surface area contributed by atoms with Crippen LogP contribution in [0.4, 0.5) is 0 Å². The normalized spacial score (nSPS) is 16.0. The van der Waals surface area contributed by atoms with Crippen molar-refractivity contribution in [3.8, 4) is 17.2 Å². The molecule has 2 heterocycles. The number of nitrogens with zero attached hydrogens (tertiary/aromatic N) is 2. The quantitative estimate of drug-likeness (QED) is 0.465. The maximum absolute atomic E-state index is 13.6. The van der Waals surface area contributed by atoms with Crippen molar-refractivity contribution in [2.75, 3.05) is 26.4 Å². The van der Waals surface area contributed by atoms with Gasteiger partial charge in [-0.15, -0.1) is 11.3 Å². The Morgan fingerprint density at radius 3 is 2.39 bits per heavy atom. The summed E-state index contributed by atoms with van der Waals surface area (Å²) in [6.07, 6.45) is 1.87. The first-order valence-electron chi connectivity index (χ1n) is 10.9. The van der Waals surface area contributed by atoms with Crippen molar-refractivity contribution >= 4 is 27.5 Å². The van der Waals surface area contributed by atoms with Crippen LogP contribution in [0.25, 0.3) is 10.2 Å². The number of thiazole rings is 1. The van der Waals surface area contributed by atoms with E-state index in [9.17, 15) is 4.79 Å². The third kappa shape index (κ3) is 4.32. The van der Waals surface area contributed by atoms with Crippen molar-refractivity contribution in [2.45, 2.75) is 39.7 Å². The van der Waals surface area contributed by atoms with Crippen LogP contribution in [0.5, 0.6) is 17.2 Å². The molecule has 3 aromatic rings. The molecule has 1 saturated heterocycles. The second-order valence-corrected chi connectivity index (χ2v) is 8.34. The van der Waals surface area contributed by atoms with Crippen LogP contribution in [0, 0.1) is 0 Å². The first-order valence-corrected chi connectivity index (χ1v) is 11.7. The lowest BCUT2D eigenvalue weighted by atomic mass is 10.1. The van der Waals surface area contributed by atoms with E-state index in [2.05, 4.69) is 6.07 Å². The molecule has 0 aliphatic carbocycles. The Kier molecular flexibility index (Phi) is 6.61. The number of para-hydroxylation sites is 1. The molecule has 164 valence electrons. The molecule has 7 heteroatoms. The minimum Gasteiger partial charge on any atom is -0.490 e. The molecule has 0 bridgehead atoms. The number of amides is 1. The van der Waals surface area contributed by atoms with Crippen LogP contribution in [0.2, 0.25) is 0 Å². The van der Waals surface area contributed by atoms with Gasteiger partial charge in [0.15, 0.2) is 11.5 Å². The number of carbonyl (C=O) groups is 1. The van der Waals surface area contributed by atoms with Crippen LogP contribution < -0.4 is 14.2 Å². The molecule has 0 saturated carbocycles. The molecule has 1 aliphatic rings. The van der Waals surface area contributed by atoms with E-state index in [4.69, 9.17) is 19.2 Å². The van der Waals surface area contributed by atoms with E-state index in [0.717, 1.165) is 28.1 Å². The maximum Gasteiger partial charge on any atom is 0.254 e. The highest BCUT2D eigenvalue weighted by Crippen LogP contribution is 2.41. The van der Waals surface area contributed by atoms with Crippen molar-refractivity contribution in [2.24, 2.45) is 0 Å². The Balaban J connectivity index is 1.68. The molecule has 31 heavy (non-hydrogen) atoms. The van der Waals surface area contributed by atoms with Crippen LogP contribution in [-0.2, 0) is 0 Å². The smallest absolute Gasteiger partial charge is 0.254 e. The van der Waals surface area contributed by atoms with Gasteiger partial charge in [-0.25, -0.2) is 4.98 Å². The summed E-state index contributed by atoms with van der Waals surface area (Å²) in [6.45, 7) is 7.88. The number of likely N-dealkylation sites (tertiary alicyclic amines) is 1. The molecule has 1 aliphatic heterocycles. The van der Waals surface area contributed by atoms with E-state index in [1.165, 1.54) is 0 Å². The Hall–Kier alpha value is -2.80. The number of aromatic nitrogens is 1. The highest BCUT2D eigenvalue weighted by molar-refractivity contribution is 7.18. The largest absolute Gasteiger partial charge is 0.490 e. The van der Waals surface area contributed by atoms with Crippen molar-refractivity contribution in [3.63, 3.8) is 0 Å². The predicted octanol–water partition coefficient (Wildman–Crippen LogP) is 5.47. The minimum absolute atomic E-state index is 0.0115. The summed E-state index contributed by atoms with van der Waals surface area (Å²) in [4.78, 5) is 20.3. The average molecular weight is 441 g/mol. The fourth-order valence-corrected chi connectivity index (χ4v) is 5.09. The Morgan fingerprint density at radius 2 is 1.74 bits per heavy atom. The fraction of sp³-hybridized carbons (Fsp3) is 0.417. The number of hydrogen-bond donors (Lipinski definition) is 0. The van der Waals surface area contributed by atoms with E-state index in [1.807, 2.05) is 43.9 Å². The number of benzene rings is 2. The van der Waals surface area contributed by atoms with E-state index in [1.54, 1.807) is 23.5 Å². The first kappa shape index (κ1) is 21.4. The van der Waals surface area contributed by atoms with Gasteiger partial charge in [0.25, 0.3) is 5.91 Å². The van der Waals surface area contributed by atoms with Crippen molar-refractivity contribution < 1.29 is 19.0 Å². The zero-order chi connectivity index (χ0) is 21.8. The molecule has 1 unspecified atom stereocenters. The molecule has 0 N–H and O–H groups in total. The Labute approximate surface area is 186 Å². The highest BCUT2D eigenvalue weighted by Gasteiger charge is 2.33. The molecule has 6 nitrogen and oxygen atoms in total. The number of rotatable bonds is 8. The molecule has 1 atom stereocenters. The molecule has 1 amide bonds. The summed E-state index contributed by atoms with van der Waals surface area (Å²) in [5.74, 6) is 1.59. The van der Waals surface area contributed by atoms with E-state index < -0.39 is 0 Å². The maximum atomic E-state index is 13.6. The fourth-order valence-electron chi connectivity index (χ4n) is 3.98. The summed E-state index contributed by atoms with van der Waals surface area (Å²) >= 11 is 1.67. The lowest BCUT2D eigenvalue weighted by molar-refractivity contribution is 0.0734. The van der Waals surface area contributed by atoms with Gasteiger partial charge in [-0.3, -0.25) is 4.79 Å². The summed E-state index contributed by atoms with van der Waals surface area (Å²) in [5.41, 5.74) is 1.53. The summed E-state index contributed by atoms with van der Waals surface area (Å²) < 4.78 is 18.5. The summed E-state index contributed by atoms with van der Waals surface area (Å²) in [5, 5.41) is 0.994. The molecule has 1 aromatic heterocycles. The second-order valence-electron chi connectivity index (χ2n) is 7.28. The number of hydrogen-bond acceptors (Lipinski definition) is 6. The van der Waals surface area contributed by atoms with Gasteiger partial charge in [-0.1, -0.05) is 12.1 Å². The highest BCUT2D eigenvalue weighted by atomic mass is 32.1. The molecule has 4 rings (SSSR count). The van der Waals surface area contributed by atoms with Gasteiger partial charge in [0.1, 0.15) is 5.01 Å². The van der Waals surface area contributed by atoms with Crippen LogP contribution >= 0.6 is 11.3 Å². The van der Waals surface area contributed by atoms with Crippen LogP contribution in [0.15, 0.2) is 36.4 Å². The van der Waals surface area contributed by atoms with Crippen LogP contribution in [0.1, 0.15) is 55.0 Å². The Bertz CT molecular complexity index is 1000. The average Bonchev–Trinajstić information content (AvgIpc) is 3.42. The first-order chi connectivity index (χ1) is 15.2. The van der Waals surface area contributed by atoms with E-state index in [0.29, 0.717) is 49.2 Å². The molecule has 2 aromatic carbocycles. The number of ether oxygens (including phenoxy) is 3. The van der Waals surface area contributed by atoms with E-state index in [-0.39, 0.29) is 11.9 Å². The van der Waals surface area contributed by atoms with Crippen LogP contribution in [0.3, 0.4) is 0 Å². The van der Waals surface area contributed by atoms with Gasteiger partial charge in [0.2, 0.25) is 5.75 Å². The van der Waals surface area contributed by atoms with Gasteiger partial charge in [0, 0.05) is 12.1 Å². The molecule has 1 fully saturated rings. The Morgan fingerprint density at radius 1 is 1.06 bits per heavy atom. The molecule has 0 radical (unpaired) electrons. The summed E-state index contributed by atoms with van der Waals surface area (Å²) in [6, 6.07) is 11.6. The zero-order valence-electron chi connectivity index (χ0n) is 18.2.